The van der Waals surface area contributed by atoms with Crippen LogP contribution in [0.1, 0.15) is 34.2 Å². The molecule has 1 aromatic carbocycles. The zero-order valence-corrected chi connectivity index (χ0v) is 17.9. The van der Waals surface area contributed by atoms with Gasteiger partial charge < -0.3 is 20.3 Å². The number of rotatable bonds is 3. The van der Waals surface area contributed by atoms with Crippen LogP contribution in [0.5, 0.6) is 5.75 Å². The lowest BCUT2D eigenvalue weighted by Crippen LogP contribution is -2.48. The van der Waals surface area contributed by atoms with E-state index in [0.717, 1.165) is 44.5 Å². The molecule has 10 heteroatoms. The number of carbonyl (C=O) groups excluding carboxylic acids is 1. The molecule has 4 heterocycles. The molecule has 2 aliphatic heterocycles. The van der Waals surface area contributed by atoms with Gasteiger partial charge in [-0.3, -0.25) is 4.79 Å². The molecule has 1 amide bonds. The van der Waals surface area contributed by atoms with Crippen LogP contribution in [-0.4, -0.2) is 39.8 Å². The van der Waals surface area contributed by atoms with Crippen LogP contribution in [0, 0.1) is 6.92 Å². The Balaban J connectivity index is 1.49. The van der Waals surface area contributed by atoms with Gasteiger partial charge in [0.15, 0.2) is 5.13 Å². The number of amides is 1. The van der Waals surface area contributed by atoms with Crippen molar-refractivity contribution in [2.24, 2.45) is 0 Å². The molecule has 0 atom stereocenters. The minimum absolute atomic E-state index is 0.0458. The Kier molecular flexibility index (Phi) is 4.21. The number of ether oxygens (including phenoxy) is 1. The summed E-state index contributed by atoms with van der Waals surface area (Å²) in [5, 5.41) is 17.0. The Morgan fingerprint density at radius 2 is 2.14 bits per heavy atom. The van der Waals surface area contributed by atoms with Crippen molar-refractivity contribution in [2.75, 3.05) is 23.4 Å². The average molecular weight is 429 g/mol. The second-order valence-corrected chi connectivity index (χ2v) is 9.88. The van der Waals surface area contributed by atoms with Crippen LogP contribution in [0.2, 0.25) is 0 Å². The highest BCUT2D eigenvalue weighted by atomic mass is 32.1. The predicted octanol–water partition coefficient (Wildman–Crippen LogP) is 3.64. The Morgan fingerprint density at radius 3 is 2.93 bits per heavy atom. The molecule has 8 nitrogen and oxygen atoms in total. The molecule has 0 fully saturated rings. The highest BCUT2D eigenvalue weighted by Crippen LogP contribution is 2.42. The fourth-order valence-corrected chi connectivity index (χ4v) is 5.17. The summed E-state index contributed by atoms with van der Waals surface area (Å²) in [4.78, 5) is 20.1. The second kappa shape index (κ2) is 6.67. The minimum atomic E-state index is -0.282. The van der Waals surface area contributed by atoms with E-state index in [9.17, 15) is 4.79 Å². The van der Waals surface area contributed by atoms with Gasteiger partial charge in [-0.2, -0.15) is 0 Å². The fraction of sp³-hybridized carbons (Fsp3) is 0.368. The molecule has 2 N–H and O–H groups in total. The summed E-state index contributed by atoms with van der Waals surface area (Å²) in [6.07, 6.45) is 0.722. The van der Waals surface area contributed by atoms with E-state index in [1.807, 2.05) is 39.0 Å². The van der Waals surface area contributed by atoms with Crippen molar-refractivity contribution in [1.82, 2.24) is 20.5 Å². The van der Waals surface area contributed by atoms with E-state index in [4.69, 9.17) is 9.72 Å². The van der Waals surface area contributed by atoms with Crippen molar-refractivity contribution in [3.63, 3.8) is 0 Å². The number of fused-ring (bicyclic) bond motifs is 2. The average Bonchev–Trinajstić information content (AvgIpc) is 3.26. The summed E-state index contributed by atoms with van der Waals surface area (Å²) in [5.41, 5.74) is 2.41. The molecule has 29 heavy (non-hydrogen) atoms. The monoisotopic (exact) mass is 428 g/mol. The van der Waals surface area contributed by atoms with Crippen molar-refractivity contribution in [1.29, 1.82) is 0 Å². The molecule has 0 saturated carbocycles. The van der Waals surface area contributed by atoms with Crippen LogP contribution in [-0.2, 0) is 6.42 Å². The molecule has 0 aliphatic carbocycles. The third-order valence-corrected chi connectivity index (χ3v) is 6.66. The Hall–Kier alpha value is -2.72. The first-order valence-corrected chi connectivity index (χ1v) is 10.9. The molecule has 0 radical (unpaired) electrons. The number of hydrogen-bond acceptors (Lipinski definition) is 9. The van der Waals surface area contributed by atoms with Gasteiger partial charge in [-0.25, -0.2) is 4.98 Å². The van der Waals surface area contributed by atoms with E-state index in [2.05, 4.69) is 25.7 Å². The molecule has 5 rings (SSSR count). The maximum atomic E-state index is 12.5. The van der Waals surface area contributed by atoms with Crippen LogP contribution in [0.4, 0.5) is 21.6 Å². The normalized spacial score (nSPS) is 17.2. The van der Waals surface area contributed by atoms with E-state index in [1.165, 1.54) is 22.7 Å². The van der Waals surface area contributed by atoms with E-state index in [0.29, 0.717) is 18.0 Å². The SMILES string of the molecule is Cc1nnc(Nc2ccc3c(c2)N(c2nc4c(s2)C(=O)NC(C)(C)C4)CCO3)s1. The second-order valence-electron chi connectivity index (χ2n) is 7.72. The quantitative estimate of drug-likeness (QED) is 0.658. The third-order valence-electron chi connectivity index (χ3n) is 4.78. The summed E-state index contributed by atoms with van der Waals surface area (Å²) >= 11 is 2.94. The zero-order valence-electron chi connectivity index (χ0n) is 16.3. The molecule has 2 aromatic heterocycles. The molecule has 2 aliphatic rings. The summed E-state index contributed by atoms with van der Waals surface area (Å²) in [6.45, 7) is 7.20. The molecule has 0 bridgehead atoms. The number of nitrogens with zero attached hydrogens (tertiary/aromatic N) is 4. The van der Waals surface area contributed by atoms with E-state index in [-0.39, 0.29) is 11.4 Å². The van der Waals surface area contributed by atoms with Crippen molar-refractivity contribution in [2.45, 2.75) is 32.7 Å². The number of nitrogens with one attached hydrogen (secondary N) is 2. The van der Waals surface area contributed by atoms with E-state index >= 15 is 0 Å². The number of aromatic nitrogens is 3. The standard InChI is InChI=1S/C19H20N6O2S2/c1-10-23-24-17(28-10)20-11-4-5-14-13(8-11)25(6-7-27-14)18-21-12-9-19(2,3)22-16(26)15(12)29-18/h4-5,8H,6-7,9H2,1-3H3,(H,20,24)(H,22,26). The number of anilines is 4. The molecule has 150 valence electrons. The van der Waals surface area contributed by atoms with Crippen LogP contribution >= 0.6 is 22.7 Å². The van der Waals surface area contributed by atoms with Gasteiger partial charge >= 0.3 is 0 Å². The third kappa shape index (κ3) is 3.42. The predicted molar refractivity (Wildman–Crippen MR) is 114 cm³/mol. The lowest BCUT2D eigenvalue weighted by Gasteiger charge is -2.29. The number of thiazole rings is 1. The van der Waals surface area contributed by atoms with Gasteiger partial charge in [0.1, 0.15) is 22.2 Å². The van der Waals surface area contributed by atoms with Crippen LogP contribution in [0.25, 0.3) is 0 Å². The molecule has 0 unspecified atom stereocenters. The van der Waals surface area contributed by atoms with Crippen molar-refractivity contribution < 1.29 is 9.53 Å². The van der Waals surface area contributed by atoms with Gasteiger partial charge in [0.25, 0.3) is 5.91 Å². The van der Waals surface area contributed by atoms with Gasteiger partial charge in [0.05, 0.1) is 17.9 Å². The topological polar surface area (TPSA) is 92.3 Å². The summed E-state index contributed by atoms with van der Waals surface area (Å²) in [7, 11) is 0. The minimum Gasteiger partial charge on any atom is -0.490 e. The van der Waals surface area contributed by atoms with Gasteiger partial charge in [0, 0.05) is 17.6 Å². The zero-order chi connectivity index (χ0) is 20.2. The van der Waals surface area contributed by atoms with Crippen LogP contribution < -0.4 is 20.3 Å². The number of carbonyl (C=O) groups is 1. The van der Waals surface area contributed by atoms with Crippen LogP contribution in [0.15, 0.2) is 18.2 Å². The Bertz CT molecular complexity index is 1110. The van der Waals surface area contributed by atoms with Gasteiger partial charge in [-0.1, -0.05) is 22.7 Å². The van der Waals surface area contributed by atoms with Gasteiger partial charge in [0.2, 0.25) is 5.13 Å². The van der Waals surface area contributed by atoms with E-state index in [1.54, 1.807) is 0 Å². The molecule has 3 aromatic rings. The first kappa shape index (κ1) is 18.3. The Morgan fingerprint density at radius 1 is 1.28 bits per heavy atom. The van der Waals surface area contributed by atoms with E-state index < -0.39 is 0 Å². The van der Waals surface area contributed by atoms with Crippen LogP contribution in [0.3, 0.4) is 0 Å². The fourth-order valence-electron chi connectivity index (χ4n) is 3.54. The number of aryl methyl sites for hydroxylation is 1. The molecular formula is C19H20N6O2S2. The van der Waals surface area contributed by atoms with Crippen molar-refractivity contribution in [3.8, 4) is 5.75 Å². The first-order valence-electron chi connectivity index (χ1n) is 9.32. The van der Waals surface area contributed by atoms with Gasteiger partial charge in [-0.05, 0) is 39.0 Å². The largest absolute Gasteiger partial charge is 0.490 e. The highest BCUT2D eigenvalue weighted by molar-refractivity contribution is 7.17. The lowest BCUT2D eigenvalue weighted by atomic mass is 9.94. The van der Waals surface area contributed by atoms with Gasteiger partial charge in [-0.15, -0.1) is 10.2 Å². The molecule has 0 saturated heterocycles. The van der Waals surface area contributed by atoms with Crippen molar-refractivity contribution in [3.05, 3.63) is 33.8 Å². The lowest BCUT2D eigenvalue weighted by molar-refractivity contribution is 0.0901. The highest BCUT2D eigenvalue weighted by Gasteiger charge is 2.34. The summed E-state index contributed by atoms with van der Waals surface area (Å²) in [5.74, 6) is 0.753. The first-order chi connectivity index (χ1) is 13.9. The number of hydrogen-bond donors (Lipinski definition) is 2. The summed E-state index contributed by atoms with van der Waals surface area (Å²) < 4.78 is 5.84. The maximum absolute atomic E-state index is 12.5. The maximum Gasteiger partial charge on any atom is 0.263 e. The van der Waals surface area contributed by atoms with Crippen molar-refractivity contribution >= 4 is 50.2 Å². The molecular weight excluding hydrogens is 408 g/mol. The summed E-state index contributed by atoms with van der Waals surface area (Å²) in [6, 6.07) is 5.93. The smallest absolute Gasteiger partial charge is 0.263 e. The molecule has 0 spiro atoms. The Labute approximate surface area is 175 Å². The number of benzene rings is 1.